The average molecular weight is 297 g/mol. The third kappa shape index (κ3) is 2.99. The maximum atomic E-state index is 11.6. The van der Waals surface area contributed by atoms with Crippen LogP contribution >= 0.6 is 0 Å². The van der Waals surface area contributed by atoms with Crippen molar-refractivity contribution in [2.24, 2.45) is 5.92 Å². The minimum atomic E-state index is -0.722. The number of hydrogen-bond acceptors (Lipinski definition) is 4. The third-order valence-corrected chi connectivity index (χ3v) is 4.32. The zero-order valence-corrected chi connectivity index (χ0v) is 12.5. The van der Waals surface area contributed by atoms with Crippen molar-refractivity contribution in [1.29, 1.82) is 0 Å². The van der Waals surface area contributed by atoms with Crippen molar-refractivity contribution >= 4 is 5.97 Å². The average Bonchev–Trinajstić information content (AvgIpc) is 2.92. The zero-order valence-electron chi connectivity index (χ0n) is 12.5. The first kappa shape index (κ1) is 14.7. The van der Waals surface area contributed by atoms with E-state index in [0.717, 1.165) is 23.2 Å². The van der Waals surface area contributed by atoms with E-state index in [1.807, 2.05) is 31.2 Å². The molecule has 1 aliphatic heterocycles. The molecule has 1 aromatic carbocycles. The molecule has 0 aliphatic carbocycles. The summed E-state index contributed by atoms with van der Waals surface area (Å²) in [6.45, 7) is 4.04. The van der Waals surface area contributed by atoms with Gasteiger partial charge in [0.05, 0.1) is 5.92 Å². The molecule has 5 nitrogen and oxygen atoms in total. The number of aliphatic carboxylic acids is 1. The molecule has 22 heavy (non-hydrogen) atoms. The molecule has 1 N–H and O–H groups in total. The fourth-order valence-electron chi connectivity index (χ4n) is 3.25. The summed E-state index contributed by atoms with van der Waals surface area (Å²) in [6, 6.07) is 8.06. The number of carboxylic acids is 1. The Morgan fingerprint density at radius 3 is 2.68 bits per heavy atom. The highest BCUT2D eigenvalue weighted by Gasteiger charge is 2.38. The number of nitrogens with zero attached hydrogens (tertiary/aromatic N) is 3. The first-order valence-electron chi connectivity index (χ1n) is 7.39. The molecular weight excluding hydrogens is 278 g/mol. The van der Waals surface area contributed by atoms with Crippen LogP contribution in [-0.4, -0.2) is 39.0 Å². The van der Waals surface area contributed by atoms with Crippen molar-refractivity contribution in [3.05, 3.63) is 59.7 Å². The Bertz CT molecular complexity index is 660. The van der Waals surface area contributed by atoms with Crippen LogP contribution in [0.2, 0.25) is 0 Å². The van der Waals surface area contributed by atoms with Crippen molar-refractivity contribution in [2.45, 2.75) is 19.4 Å². The van der Waals surface area contributed by atoms with E-state index in [1.165, 1.54) is 6.33 Å². The van der Waals surface area contributed by atoms with Crippen molar-refractivity contribution in [1.82, 2.24) is 14.9 Å². The Balaban J connectivity index is 1.81. The molecule has 0 bridgehead atoms. The molecule has 2 heterocycles. The van der Waals surface area contributed by atoms with Crippen molar-refractivity contribution < 1.29 is 9.90 Å². The van der Waals surface area contributed by atoms with Gasteiger partial charge in [-0.05, 0) is 18.1 Å². The highest BCUT2D eigenvalue weighted by Crippen LogP contribution is 2.35. The topological polar surface area (TPSA) is 66.3 Å². The fraction of sp³-hybridized carbons (Fsp3) is 0.353. The molecule has 5 heteroatoms. The molecule has 0 saturated carbocycles. The van der Waals surface area contributed by atoms with Gasteiger partial charge >= 0.3 is 5.97 Å². The van der Waals surface area contributed by atoms with Crippen LogP contribution in [-0.2, 0) is 11.3 Å². The first-order valence-corrected chi connectivity index (χ1v) is 7.39. The second kappa shape index (κ2) is 6.23. The number of likely N-dealkylation sites (tertiary alicyclic amines) is 1. The third-order valence-electron chi connectivity index (χ3n) is 4.32. The number of aromatic nitrogens is 2. The molecule has 1 aromatic heterocycles. The lowest BCUT2D eigenvalue weighted by Crippen LogP contribution is -2.23. The van der Waals surface area contributed by atoms with E-state index in [1.54, 1.807) is 12.4 Å². The summed E-state index contributed by atoms with van der Waals surface area (Å²) in [5.74, 6) is -1.06. The van der Waals surface area contributed by atoms with Gasteiger partial charge in [-0.1, -0.05) is 24.3 Å². The van der Waals surface area contributed by atoms with E-state index in [4.69, 9.17) is 0 Å². The lowest BCUT2D eigenvalue weighted by atomic mass is 9.86. The van der Waals surface area contributed by atoms with E-state index in [0.29, 0.717) is 13.1 Å². The molecule has 1 aliphatic rings. The Morgan fingerprint density at radius 1 is 1.27 bits per heavy atom. The van der Waals surface area contributed by atoms with Gasteiger partial charge < -0.3 is 5.11 Å². The van der Waals surface area contributed by atoms with Crippen LogP contribution in [0, 0.1) is 12.8 Å². The van der Waals surface area contributed by atoms with E-state index < -0.39 is 5.97 Å². The number of hydrogen-bond donors (Lipinski definition) is 1. The van der Waals surface area contributed by atoms with Gasteiger partial charge in [0.25, 0.3) is 0 Å². The molecular formula is C17H19N3O2. The van der Waals surface area contributed by atoms with Crippen LogP contribution in [0.1, 0.15) is 22.6 Å². The summed E-state index contributed by atoms with van der Waals surface area (Å²) in [6.07, 6.45) is 5.07. The normalized spacial score (nSPS) is 21.9. The number of rotatable bonds is 4. The molecule has 0 radical (unpaired) electrons. The summed E-state index contributed by atoms with van der Waals surface area (Å²) >= 11 is 0. The van der Waals surface area contributed by atoms with Crippen molar-refractivity contribution in [2.75, 3.05) is 13.1 Å². The predicted octanol–water partition coefficient (Wildman–Crippen LogP) is 2.09. The Labute approximate surface area is 129 Å². The van der Waals surface area contributed by atoms with Gasteiger partial charge in [-0.2, -0.15) is 0 Å². The zero-order chi connectivity index (χ0) is 15.5. The maximum Gasteiger partial charge on any atom is 0.308 e. The van der Waals surface area contributed by atoms with Crippen LogP contribution in [0.5, 0.6) is 0 Å². The number of carboxylic acid groups (broad SMARTS) is 1. The number of aryl methyl sites for hydroxylation is 1. The lowest BCUT2D eigenvalue weighted by molar-refractivity contribution is -0.141. The molecule has 114 valence electrons. The van der Waals surface area contributed by atoms with Crippen LogP contribution < -0.4 is 0 Å². The van der Waals surface area contributed by atoms with Crippen LogP contribution in [0.4, 0.5) is 0 Å². The van der Waals surface area contributed by atoms with E-state index in [9.17, 15) is 9.90 Å². The van der Waals surface area contributed by atoms with Gasteiger partial charge in [0.1, 0.15) is 6.33 Å². The van der Waals surface area contributed by atoms with Crippen LogP contribution in [0.3, 0.4) is 0 Å². The molecule has 2 aromatic rings. The van der Waals surface area contributed by atoms with E-state index >= 15 is 0 Å². The highest BCUT2D eigenvalue weighted by molar-refractivity contribution is 5.72. The Hall–Kier alpha value is -2.27. The number of benzene rings is 1. The Morgan fingerprint density at radius 2 is 2.00 bits per heavy atom. The molecule has 3 rings (SSSR count). The van der Waals surface area contributed by atoms with E-state index in [-0.39, 0.29) is 11.8 Å². The molecule has 0 amide bonds. The maximum absolute atomic E-state index is 11.6. The quantitative estimate of drug-likeness (QED) is 0.936. The summed E-state index contributed by atoms with van der Waals surface area (Å²) in [5.41, 5.74) is 3.31. The van der Waals surface area contributed by atoms with Gasteiger partial charge in [-0.3, -0.25) is 9.69 Å². The van der Waals surface area contributed by atoms with Crippen molar-refractivity contribution in [3.63, 3.8) is 0 Å². The molecule has 1 fully saturated rings. The van der Waals surface area contributed by atoms with Gasteiger partial charge in [0, 0.05) is 43.5 Å². The SMILES string of the molecule is Cc1ccccc1[C@@H]1CN(Cc2cncnc2)C[C@H]1C(=O)O. The van der Waals surface area contributed by atoms with Crippen molar-refractivity contribution in [3.8, 4) is 0 Å². The smallest absolute Gasteiger partial charge is 0.308 e. The molecule has 0 spiro atoms. The highest BCUT2D eigenvalue weighted by atomic mass is 16.4. The second-order valence-electron chi connectivity index (χ2n) is 5.85. The monoisotopic (exact) mass is 297 g/mol. The first-order chi connectivity index (χ1) is 10.6. The van der Waals surface area contributed by atoms with Gasteiger partial charge in [0.2, 0.25) is 0 Å². The van der Waals surface area contributed by atoms with Crippen LogP contribution in [0.15, 0.2) is 43.0 Å². The summed E-state index contributed by atoms with van der Waals surface area (Å²) < 4.78 is 0. The van der Waals surface area contributed by atoms with Gasteiger partial charge in [-0.15, -0.1) is 0 Å². The van der Waals surface area contributed by atoms with Crippen LogP contribution in [0.25, 0.3) is 0 Å². The van der Waals surface area contributed by atoms with E-state index in [2.05, 4.69) is 14.9 Å². The standard InChI is InChI=1S/C17H19N3O2/c1-12-4-2-3-5-14(12)15-9-20(10-16(15)17(21)22)8-13-6-18-11-19-7-13/h2-7,11,15-16H,8-10H2,1H3,(H,21,22)/t15-,16+/m0/s1. The summed E-state index contributed by atoms with van der Waals surface area (Å²) in [4.78, 5) is 21.9. The number of carbonyl (C=O) groups is 1. The minimum Gasteiger partial charge on any atom is -0.481 e. The molecule has 1 saturated heterocycles. The molecule has 2 atom stereocenters. The van der Waals surface area contributed by atoms with Gasteiger partial charge in [0.15, 0.2) is 0 Å². The summed E-state index contributed by atoms with van der Waals surface area (Å²) in [5, 5.41) is 9.57. The molecule has 0 unspecified atom stereocenters. The Kier molecular flexibility index (Phi) is 4.15. The second-order valence-corrected chi connectivity index (χ2v) is 5.85. The largest absolute Gasteiger partial charge is 0.481 e. The van der Waals surface area contributed by atoms with Gasteiger partial charge in [-0.25, -0.2) is 9.97 Å². The minimum absolute atomic E-state index is 0.0309. The lowest BCUT2D eigenvalue weighted by Gasteiger charge is -2.18. The predicted molar refractivity (Wildman–Crippen MR) is 82.4 cm³/mol. The summed E-state index contributed by atoms with van der Waals surface area (Å²) in [7, 11) is 0. The fourth-order valence-corrected chi connectivity index (χ4v) is 3.25.